The molecule has 0 aliphatic carbocycles. The number of carbonyl (C=O) groups is 2. The van der Waals surface area contributed by atoms with Gasteiger partial charge in [-0.15, -0.1) is 0 Å². The van der Waals surface area contributed by atoms with Gasteiger partial charge in [0.05, 0.1) is 12.9 Å². The number of allylic oxidation sites excluding steroid dienone is 1. The first kappa shape index (κ1) is 25.6. The average molecular weight is 441 g/mol. The number of amides is 1. The maximum atomic E-state index is 14.2. The zero-order valence-corrected chi connectivity index (χ0v) is 19.1. The number of aliphatic imine (C=N–C) groups is 1. The number of ether oxygens (including phenoxy) is 2. The van der Waals surface area contributed by atoms with Crippen LogP contribution in [0.2, 0.25) is 5.02 Å². The highest BCUT2D eigenvalue weighted by Crippen LogP contribution is 2.24. The van der Waals surface area contributed by atoms with Crippen molar-refractivity contribution in [1.82, 2.24) is 5.32 Å². The van der Waals surface area contributed by atoms with Crippen LogP contribution in [0.15, 0.2) is 35.1 Å². The molecule has 30 heavy (non-hydrogen) atoms. The molecule has 0 saturated carbocycles. The van der Waals surface area contributed by atoms with Gasteiger partial charge in [-0.3, -0.25) is 4.99 Å². The molecule has 0 fully saturated rings. The smallest absolute Gasteiger partial charge is 0.407 e. The molecule has 1 rings (SSSR count). The molecule has 1 aromatic carbocycles. The van der Waals surface area contributed by atoms with E-state index in [1.165, 1.54) is 19.4 Å². The lowest BCUT2D eigenvalue weighted by atomic mass is 9.96. The van der Waals surface area contributed by atoms with Crippen LogP contribution < -0.4 is 5.32 Å². The second-order valence-corrected chi connectivity index (χ2v) is 8.49. The number of rotatable bonds is 8. The van der Waals surface area contributed by atoms with Crippen LogP contribution in [0.3, 0.4) is 0 Å². The second-order valence-electron chi connectivity index (χ2n) is 8.08. The Balaban J connectivity index is 2.76. The summed E-state index contributed by atoms with van der Waals surface area (Å²) in [5, 5.41) is 2.95. The van der Waals surface area contributed by atoms with Crippen LogP contribution >= 0.6 is 11.6 Å². The lowest BCUT2D eigenvalue weighted by Crippen LogP contribution is -2.35. The molecule has 1 atom stereocenters. The van der Waals surface area contributed by atoms with Gasteiger partial charge in [-0.05, 0) is 58.7 Å². The van der Waals surface area contributed by atoms with Crippen molar-refractivity contribution in [3.05, 3.63) is 46.3 Å². The molecule has 1 aromatic rings. The van der Waals surface area contributed by atoms with Crippen LogP contribution in [0.5, 0.6) is 0 Å². The Morgan fingerprint density at radius 1 is 1.27 bits per heavy atom. The minimum atomic E-state index is -1.28. The molecule has 0 saturated heterocycles. The first-order chi connectivity index (χ1) is 13.9. The lowest BCUT2D eigenvalue weighted by Gasteiger charge is -2.22. The number of aryl methyl sites for hydroxylation is 1. The Labute approximate surface area is 182 Å². The number of alkyl carbamates (subject to hydrolysis) is 1. The van der Waals surface area contributed by atoms with E-state index in [1.807, 2.05) is 13.0 Å². The van der Waals surface area contributed by atoms with Crippen molar-refractivity contribution in [3.8, 4) is 0 Å². The Morgan fingerprint density at radius 3 is 2.50 bits per heavy atom. The Bertz CT molecular complexity index is 818. The number of hydrogen-bond donors (Lipinski definition) is 1. The zero-order valence-electron chi connectivity index (χ0n) is 18.3. The van der Waals surface area contributed by atoms with Crippen molar-refractivity contribution in [3.63, 3.8) is 0 Å². The number of benzene rings is 1. The minimum absolute atomic E-state index is 0.0298. The van der Waals surface area contributed by atoms with E-state index in [0.717, 1.165) is 5.56 Å². The molecule has 0 aliphatic heterocycles. The SMILES string of the molecule is COC(=O)C(C)(CC/C(F)=C\CNC(=O)OC(C)(C)C)N=Cc1ccc(C)cc1Cl. The predicted octanol–water partition coefficient (Wildman–Crippen LogP) is 5.16. The molecule has 166 valence electrons. The fourth-order valence-corrected chi connectivity index (χ4v) is 2.70. The normalized spacial score (nSPS) is 14.3. The molecule has 1 unspecified atom stereocenters. The van der Waals surface area contributed by atoms with Gasteiger partial charge in [-0.2, -0.15) is 0 Å². The minimum Gasteiger partial charge on any atom is -0.467 e. The molecule has 6 nitrogen and oxygen atoms in total. The fourth-order valence-electron chi connectivity index (χ4n) is 2.41. The van der Waals surface area contributed by atoms with Gasteiger partial charge in [0.25, 0.3) is 0 Å². The summed E-state index contributed by atoms with van der Waals surface area (Å²) in [5.41, 5.74) is -0.269. The lowest BCUT2D eigenvalue weighted by molar-refractivity contribution is -0.146. The third-order valence-electron chi connectivity index (χ3n) is 4.09. The molecule has 0 radical (unpaired) electrons. The largest absolute Gasteiger partial charge is 0.467 e. The summed E-state index contributed by atoms with van der Waals surface area (Å²) in [6.07, 6.45) is 2.10. The van der Waals surface area contributed by atoms with Crippen molar-refractivity contribution >= 4 is 29.9 Å². The number of nitrogens with one attached hydrogen (secondary N) is 1. The third kappa shape index (κ3) is 8.95. The van der Waals surface area contributed by atoms with Crippen molar-refractivity contribution in [2.24, 2.45) is 4.99 Å². The summed E-state index contributed by atoms with van der Waals surface area (Å²) in [4.78, 5) is 28.2. The quantitative estimate of drug-likeness (QED) is 0.447. The van der Waals surface area contributed by atoms with Crippen molar-refractivity contribution in [1.29, 1.82) is 0 Å². The van der Waals surface area contributed by atoms with Crippen molar-refractivity contribution in [2.75, 3.05) is 13.7 Å². The molecule has 0 aromatic heterocycles. The van der Waals surface area contributed by atoms with Gasteiger partial charge < -0.3 is 14.8 Å². The van der Waals surface area contributed by atoms with E-state index in [-0.39, 0.29) is 19.4 Å². The number of hydrogen-bond acceptors (Lipinski definition) is 5. The first-order valence-corrected chi connectivity index (χ1v) is 9.95. The molecular weight excluding hydrogens is 411 g/mol. The van der Waals surface area contributed by atoms with Gasteiger partial charge in [0.1, 0.15) is 5.60 Å². The van der Waals surface area contributed by atoms with E-state index in [2.05, 4.69) is 10.3 Å². The standard InChI is InChI=1S/C22H30ClFN2O4/c1-15-7-8-16(18(23)13-15)14-26-22(5,19(27)29-6)11-9-17(24)10-12-25-20(28)30-21(2,3)4/h7-8,10,13-14H,9,11-12H2,1-6H3,(H,25,28)/b17-10+,26-14?. The van der Waals surface area contributed by atoms with Crippen LogP contribution in [-0.2, 0) is 14.3 Å². The maximum Gasteiger partial charge on any atom is 0.407 e. The van der Waals surface area contributed by atoms with E-state index in [1.54, 1.807) is 39.8 Å². The van der Waals surface area contributed by atoms with Crippen LogP contribution in [0.4, 0.5) is 9.18 Å². The van der Waals surface area contributed by atoms with E-state index in [0.29, 0.717) is 10.6 Å². The number of nitrogens with zero attached hydrogens (tertiary/aromatic N) is 1. The summed E-state index contributed by atoms with van der Waals surface area (Å²) in [6, 6.07) is 5.46. The van der Waals surface area contributed by atoms with Gasteiger partial charge in [0.2, 0.25) is 0 Å². The molecule has 0 aliphatic rings. The molecular formula is C22H30ClFN2O4. The zero-order chi connectivity index (χ0) is 22.9. The Morgan fingerprint density at radius 2 is 1.93 bits per heavy atom. The number of esters is 1. The van der Waals surface area contributed by atoms with Crippen LogP contribution in [0, 0.1) is 6.92 Å². The molecule has 8 heteroatoms. The summed E-state index contributed by atoms with van der Waals surface area (Å²) < 4.78 is 24.1. The fraction of sp³-hybridized carbons (Fsp3) is 0.500. The van der Waals surface area contributed by atoms with E-state index in [4.69, 9.17) is 21.1 Å². The highest BCUT2D eigenvalue weighted by atomic mass is 35.5. The molecule has 0 spiro atoms. The van der Waals surface area contributed by atoms with Gasteiger partial charge in [0.15, 0.2) is 5.54 Å². The topological polar surface area (TPSA) is 77.0 Å². The van der Waals surface area contributed by atoms with Gasteiger partial charge in [-0.1, -0.05) is 23.7 Å². The van der Waals surface area contributed by atoms with Crippen molar-refractivity contribution < 1.29 is 23.5 Å². The van der Waals surface area contributed by atoms with Gasteiger partial charge in [-0.25, -0.2) is 14.0 Å². The first-order valence-electron chi connectivity index (χ1n) is 9.57. The monoisotopic (exact) mass is 440 g/mol. The van der Waals surface area contributed by atoms with Gasteiger partial charge >= 0.3 is 12.1 Å². The Kier molecular flexibility index (Phi) is 9.49. The van der Waals surface area contributed by atoms with E-state index >= 15 is 0 Å². The highest BCUT2D eigenvalue weighted by Gasteiger charge is 2.33. The number of methoxy groups -OCH3 is 1. The third-order valence-corrected chi connectivity index (χ3v) is 4.42. The summed E-state index contributed by atoms with van der Waals surface area (Å²) in [7, 11) is 1.26. The van der Waals surface area contributed by atoms with Crippen LogP contribution in [0.1, 0.15) is 51.7 Å². The van der Waals surface area contributed by atoms with E-state index < -0.39 is 29.0 Å². The van der Waals surface area contributed by atoms with E-state index in [9.17, 15) is 14.0 Å². The highest BCUT2D eigenvalue weighted by molar-refractivity contribution is 6.33. The molecule has 0 bridgehead atoms. The summed E-state index contributed by atoms with van der Waals surface area (Å²) >= 11 is 6.20. The van der Waals surface area contributed by atoms with Crippen LogP contribution in [-0.4, -0.2) is 43.1 Å². The molecule has 1 amide bonds. The molecule has 1 N–H and O–H groups in total. The van der Waals surface area contributed by atoms with Crippen LogP contribution in [0.25, 0.3) is 0 Å². The Hall–Kier alpha value is -2.41. The van der Waals surface area contributed by atoms with Crippen molar-refractivity contribution in [2.45, 2.75) is 58.6 Å². The van der Waals surface area contributed by atoms with Gasteiger partial charge in [0, 0.05) is 29.8 Å². The average Bonchev–Trinajstić information content (AvgIpc) is 2.63. The molecule has 0 heterocycles. The predicted molar refractivity (Wildman–Crippen MR) is 117 cm³/mol. The number of halogens is 2. The number of carbonyl (C=O) groups excluding carboxylic acids is 2. The summed E-state index contributed by atoms with van der Waals surface area (Å²) in [5.74, 6) is -1.06. The summed E-state index contributed by atoms with van der Waals surface area (Å²) in [6.45, 7) is 8.67. The maximum absolute atomic E-state index is 14.2. The second kappa shape index (κ2) is 11.1.